The van der Waals surface area contributed by atoms with Crippen LogP contribution in [0.2, 0.25) is 0 Å². The van der Waals surface area contributed by atoms with Gasteiger partial charge in [0.25, 0.3) is 0 Å². The lowest BCUT2D eigenvalue weighted by atomic mass is 9.79. The van der Waals surface area contributed by atoms with Gasteiger partial charge in [0, 0.05) is 6.42 Å². The van der Waals surface area contributed by atoms with Crippen molar-refractivity contribution in [2.45, 2.75) is 11.9 Å². The van der Waals surface area contributed by atoms with Gasteiger partial charge in [-0.2, -0.15) is 0 Å². The molecule has 2 N–H and O–H groups in total. The third kappa shape index (κ3) is 1.68. The quantitative estimate of drug-likeness (QED) is 0.421. The third-order valence-electron chi connectivity index (χ3n) is 2.04. The van der Waals surface area contributed by atoms with Gasteiger partial charge in [-0.15, -0.1) is 12.6 Å². The van der Waals surface area contributed by atoms with Gasteiger partial charge in [-0.1, -0.05) is 12.1 Å². The van der Waals surface area contributed by atoms with Crippen molar-refractivity contribution in [3.8, 4) is 5.75 Å². The van der Waals surface area contributed by atoms with Crippen molar-refractivity contribution >= 4 is 25.2 Å². The van der Waals surface area contributed by atoms with Gasteiger partial charge in [0.1, 0.15) is 11.2 Å². The third-order valence-corrected chi connectivity index (χ3v) is 2.33. The second-order valence-corrected chi connectivity index (χ2v) is 3.59. The molecule has 5 heteroatoms. The maximum atomic E-state index is 8.92. The molecule has 0 saturated heterocycles. The van der Waals surface area contributed by atoms with Gasteiger partial charge in [0.15, 0.2) is 0 Å². The largest absolute Gasteiger partial charge is 0.488 e. The summed E-state index contributed by atoms with van der Waals surface area (Å²) in [6.45, 7) is 0. The van der Waals surface area contributed by atoms with E-state index in [1.165, 1.54) is 0 Å². The molecule has 0 fully saturated rings. The SMILES string of the molecule is OB(O)c1ccc2c(c1)CC(S)O2. The second-order valence-electron chi connectivity index (χ2n) is 3.02. The molecule has 1 unspecified atom stereocenters. The molecule has 68 valence electrons. The number of fused-ring (bicyclic) bond motifs is 1. The normalized spacial score (nSPS) is 19.5. The van der Waals surface area contributed by atoms with Gasteiger partial charge in [-0.3, -0.25) is 0 Å². The Labute approximate surface area is 81.9 Å². The molecule has 0 saturated carbocycles. The molecule has 0 spiro atoms. The minimum Gasteiger partial charge on any atom is -0.479 e. The fourth-order valence-electron chi connectivity index (χ4n) is 1.41. The molecular weight excluding hydrogens is 187 g/mol. The highest BCUT2D eigenvalue weighted by Gasteiger charge is 2.21. The number of hydrogen-bond acceptors (Lipinski definition) is 4. The lowest BCUT2D eigenvalue weighted by Gasteiger charge is -2.02. The first-order valence-electron chi connectivity index (χ1n) is 4.00. The molecule has 0 radical (unpaired) electrons. The summed E-state index contributed by atoms with van der Waals surface area (Å²) in [5.74, 6) is 0.782. The van der Waals surface area contributed by atoms with Crippen molar-refractivity contribution in [3.63, 3.8) is 0 Å². The smallest absolute Gasteiger partial charge is 0.479 e. The topological polar surface area (TPSA) is 49.7 Å². The highest BCUT2D eigenvalue weighted by atomic mass is 32.1. The lowest BCUT2D eigenvalue weighted by molar-refractivity contribution is 0.325. The van der Waals surface area contributed by atoms with Crippen LogP contribution >= 0.6 is 12.6 Å². The zero-order valence-corrected chi connectivity index (χ0v) is 7.74. The van der Waals surface area contributed by atoms with E-state index in [-0.39, 0.29) is 5.44 Å². The molecule has 3 nitrogen and oxygen atoms in total. The van der Waals surface area contributed by atoms with Crippen molar-refractivity contribution in [1.82, 2.24) is 0 Å². The summed E-state index contributed by atoms with van der Waals surface area (Å²) in [5, 5.41) is 17.8. The van der Waals surface area contributed by atoms with Crippen LogP contribution in [0, 0.1) is 0 Å². The first-order valence-corrected chi connectivity index (χ1v) is 4.52. The average Bonchev–Trinajstić information content (AvgIpc) is 2.42. The molecule has 1 aromatic carbocycles. The average molecular weight is 196 g/mol. The lowest BCUT2D eigenvalue weighted by Crippen LogP contribution is -2.29. The van der Waals surface area contributed by atoms with Crippen LogP contribution in [0.4, 0.5) is 0 Å². The number of hydrogen-bond donors (Lipinski definition) is 3. The highest BCUT2D eigenvalue weighted by molar-refractivity contribution is 7.80. The van der Waals surface area contributed by atoms with E-state index >= 15 is 0 Å². The molecule has 1 heterocycles. The minimum absolute atomic E-state index is 0.110. The summed E-state index contributed by atoms with van der Waals surface area (Å²) in [5.41, 5.74) is 1.36. The minimum atomic E-state index is -1.41. The van der Waals surface area contributed by atoms with E-state index in [4.69, 9.17) is 14.8 Å². The van der Waals surface area contributed by atoms with Crippen molar-refractivity contribution in [3.05, 3.63) is 23.8 Å². The second kappa shape index (κ2) is 3.25. The van der Waals surface area contributed by atoms with Crippen LogP contribution in [-0.4, -0.2) is 22.6 Å². The van der Waals surface area contributed by atoms with Crippen LogP contribution in [-0.2, 0) is 6.42 Å². The van der Waals surface area contributed by atoms with E-state index in [2.05, 4.69) is 12.6 Å². The van der Waals surface area contributed by atoms with Gasteiger partial charge >= 0.3 is 7.12 Å². The Bertz CT molecular complexity index is 329. The fraction of sp³-hybridized carbons (Fsp3) is 0.250. The number of ether oxygens (including phenoxy) is 1. The number of benzene rings is 1. The molecule has 0 amide bonds. The number of rotatable bonds is 1. The monoisotopic (exact) mass is 196 g/mol. The van der Waals surface area contributed by atoms with Crippen LogP contribution in [0.15, 0.2) is 18.2 Å². The van der Waals surface area contributed by atoms with Crippen LogP contribution in [0.5, 0.6) is 5.75 Å². The standard InChI is InChI=1S/C8H9BO3S/c10-9(11)6-1-2-7-5(3-6)4-8(13)12-7/h1-3,8,10-11,13H,4H2. The molecular formula is C8H9BO3S. The molecule has 0 aromatic heterocycles. The molecule has 2 rings (SSSR count). The van der Waals surface area contributed by atoms with Crippen LogP contribution in [0.3, 0.4) is 0 Å². The van der Waals surface area contributed by atoms with Crippen molar-refractivity contribution in [1.29, 1.82) is 0 Å². The molecule has 0 bridgehead atoms. The number of thiol groups is 1. The first kappa shape index (κ1) is 8.93. The van der Waals surface area contributed by atoms with E-state index in [1.54, 1.807) is 18.2 Å². The zero-order chi connectivity index (χ0) is 9.42. The predicted molar refractivity (Wildman–Crippen MR) is 53.4 cm³/mol. The van der Waals surface area contributed by atoms with E-state index in [0.717, 1.165) is 11.3 Å². The molecule has 1 aromatic rings. The van der Waals surface area contributed by atoms with Gasteiger partial charge in [-0.25, -0.2) is 0 Å². The van der Waals surface area contributed by atoms with Crippen molar-refractivity contribution < 1.29 is 14.8 Å². The maximum Gasteiger partial charge on any atom is 0.488 e. The molecule has 1 aliphatic heterocycles. The van der Waals surface area contributed by atoms with Gasteiger partial charge in [0.2, 0.25) is 0 Å². The molecule has 1 atom stereocenters. The predicted octanol–water partition coefficient (Wildman–Crippen LogP) is -0.443. The van der Waals surface area contributed by atoms with Crippen LogP contribution < -0.4 is 10.2 Å². The summed E-state index contributed by atoms with van der Waals surface area (Å²) < 4.78 is 5.34. The molecule has 1 aliphatic rings. The Hall–Kier alpha value is -0.645. The summed E-state index contributed by atoms with van der Waals surface area (Å²) in [6.07, 6.45) is 0.707. The highest BCUT2D eigenvalue weighted by Crippen LogP contribution is 2.28. The van der Waals surface area contributed by atoms with Gasteiger partial charge in [0.05, 0.1) is 0 Å². The van der Waals surface area contributed by atoms with E-state index in [0.29, 0.717) is 11.9 Å². The van der Waals surface area contributed by atoms with Crippen molar-refractivity contribution in [2.75, 3.05) is 0 Å². The summed E-state index contributed by atoms with van der Waals surface area (Å²) in [6, 6.07) is 5.10. The van der Waals surface area contributed by atoms with E-state index < -0.39 is 7.12 Å². The fourth-order valence-corrected chi connectivity index (χ4v) is 1.72. The Balaban J connectivity index is 2.35. The van der Waals surface area contributed by atoms with E-state index in [1.807, 2.05) is 0 Å². The van der Waals surface area contributed by atoms with Gasteiger partial charge < -0.3 is 14.8 Å². The zero-order valence-electron chi connectivity index (χ0n) is 6.84. The van der Waals surface area contributed by atoms with E-state index in [9.17, 15) is 0 Å². The Kier molecular flexibility index (Phi) is 2.23. The van der Waals surface area contributed by atoms with Gasteiger partial charge in [-0.05, 0) is 17.1 Å². The summed E-state index contributed by atoms with van der Waals surface area (Å²) in [4.78, 5) is 0. The molecule has 0 aliphatic carbocycles. The summed E-state index contributed by atoms with van der Waals surface area (Å²) in [7, 11) is -1.41. The Morgan fingerprint density at radius 3 is 2.92 bits per heavy atom. The Morgan fingerprint density at radius 1 is 1.46 bits per heavy atom. The Morgan fingerprint density at radius 2 is 2.23 bits per heavy atom. The molecule has 13 heavy (non-hydrogen) atoms. The van der Waals surface area contributed by atoms with Crippen LogP contribution in [0.1, 0.15) is 5.56 Å². The maximum absolute atomic E-state index is 8.92. The van der Waals surface area contributed by atoms with Crippen molar-refractivity contribution in [2.24, 2.45) is 0 Å². The first-order chi connectivity index (χ1) is 6.16. The summed E-state index contributed by atoms with van der Waals surface area (Å²) >= 11 is 4.18. The van der Waals surface area contributed by atoms with Crippen LogP contribution in [0.25, 0.3) is 0 Å².